The fourth-order valence-corrected chi connectivity index (χ4v) is 1.56. The molecule has 1 aromatic carbocycles. The van der Waals surface area contributed by atoms with Crippen molar-refractivity contribution in [3.05, 3.63) is 65.5 Å². The second kappa shape index (κ2) is 5.91. The lowest BCUT2D eigenvalue weighted by Crippen LogP contribution is -2.19. The van der Waals surface area contributed by atoms with Gasteiger partial charge in [-0.25, -0.2) is 5.43 Å². The second-order valence-corrected chi connectivity index (χ2v) is 4.24. The standard InChI is InChI=1S/C15H15N3O/c1-11-3-5-14(6-4-11)15(19)18-17-12(2)13-7-9-16-10-8-13/h3-10H,1-2H3,(H,18,19)/b17-12-. The number of carbonyl (C=O) groups excluding carboxylic acids is 1. The van der Waals surface area contributed by atoms with Gasteiger partial charge in [-0.15, -0.1) is 0 Å². The first-order chi connectivity index (χ1) is 9.16. The van der Waals surface area contributed by atoms with E-state index in [2.05, 4.69) is 15.5 Å². The van der Waals surface area contributed by atoms with Crippen LogP contribution in [0, 0.1) is 6.92 Å². The molecule has 1 amide bonds. The first-order valence-corrected chi connectivity index (χ1v) is 5.98. The first kappa shape index (κ1) is 13.0. The Balaban J connectivity index is 2.06. The molecule has 96 valence electrons. The van der Waals surface area contributed by atoms with Crippen molar-refractivity contribution in [2.75, 3.05) is 0 Å². The summed E-state index contributed by atoms with van der Waals surface area (Å²) in [5.74, 6) is -0.214. The molecule has 0 saturated heterocycles. The number of aryl methyl sites for hydroxylation is 1. The number of nitrogens with zero attached hydrogens (tertiary/aromatic N) is 2. The van der Waals surface area contributed by atoms with Crippen molar-refractivity contribution in [1.82, 2.24) is 10.4 Å². The van der Waals surface area contributed by atoms with Gasteiger partial charge in [-0.05, 0) is 38.1 Å². The number of rotatable bonds is 3. The topological polar surface area (TPSA) is 54.4 Å². The molecule has 4 nitrogen and oxygen atoms in total. The minimum absolute atomic E-state index is 0.214. The van der Waals surface area contributed by atoms with E-state index in [1.54, 1.807) is 24.5 Å². The zero-order valence-electron chi connectivity index (χ0n) is 10.9. The Hall–Kier alpha value is -2.49. The van der Waals surface area contributed by atoms with Crippen LogP contribution in [0.4, 0.5) is 0 Å². The summed E-state index contributed by atoms with van der Waals surface area (Å²) in [6.07, 6.45) is 3.38. The Morgan fingerprint density at radius 1 is 1.05 bits per heavy atom. The summed E-state index contributed by atoms with van der Waals surface area (Å²) >= 11 is 0. The molecule has 0 aliphatic rings. The number of aromatic nitrogens is 1. The van der Waals surface area contributed by atoms with Gasteiger partial charge in [0.05, 0.1) is 5.71 Å². The lowest BCUT2D eigenvalue weighted by atomic mass is 10.1. The van der Waals surface area contributed by atoms with Crippen molar-refractivity contribution in [2.24, 2.45) is 5.10 Å². The van der Waals surface area contributed by atoms with Crippen molar-refractivity contribution in [3.8, 4) is 0 Å². The molecule has 0 aliphatic heterocycles. The van der Waals surface area contributed by atoms with Crippen LogP contribution in [0.5, 0.6) is 0 Å². The number of hydrazone groups is 1. The van der Waals surface area contributed by atoms with Crippen LogP contribution < -0.4 is 5.43 Å². The van der Waals surface area contributed by atoms with Gasteiger partial charge in [0.2, 0.25) is 0 Å². The average Bonchev–Trinajstić information content (AvgIpc) is 2.46. The number of amides is 1. The molecule has 0 saturated carbocycles. The minimum Gasteiger partial charge on any atom is -0.267 e. The van der Waals surface area contributed by atoms with Gasteiger partial charge >= 0.3 is 0 Å². The lowest BCUT2D eigenvalue weighted by molar-refractivity contribution is 0.0955. The molecule has 2 rings (SSSR count). The van der Waals surface area contributed by atoms with Gasteiger partial charge in [0, 0.05) is 23.5 Å². The number of nitrogens with one attached hydrogen (secondary N) is 1. The third-order valence-corrected chi connectivity index (χ3v) is 2.74. The van der Waals surface area contributed by atoms with Crippen molar-refractivity contribution >= 4 is 11.6 Å². The highest BCUT2D eigenvalue weighted by molar-refractivity contribution is 6.00. The Morgan fingerprint density at radius 3 is 2.32 bits per heavy atom. The second-order valence-electron chi connectivity index (χ2n) is 4.24. The van der Waals surface area contributed by atoms with Crippen LogP contribution in [0.3, 0.4) is 0 Å². The van der Waals surface area contributed by atoms with Crippen molar-refractivity contribution < 1.29 is 4.79 Å². The monoisotopic (exact) mass is 253 g/mol. The maximum absolute atomic E-state index is 11.9. The maximum atomic E-state index is 11.9. The average molecular weight is 253 g/mol. The van der Waals surface area contributed by atoms with Crippen LogP contribution in [0.25, 0.3) is 0 Å². The number of benzene rings is 1. The van der Waals surface area contributed by atoms with Crippen LogP contribution in [0.15, 0.2) is 53.9 Å². The van der Waals surface area contributed by atoms with Gasteiger partial charge in [0.25, 0.3) is 5.91 Å². The predicted octanol–water partition coefficient (Wildman–Crippen LogP) is 2.54. The summed E-state index contributed by atoms with van der Waals surface area (Å²) in [4.78, 5) is 15.8. The van der Waals surface area contributed by atoms with E-state index in [1.165, 1.54) is 0 Å². The normalized spacial score (nSPS) is 11.2. The molecule has 2 aromatic rings. The summed E-state index contributed by atoms with van der Waals surface area (Å²) in [6, 6.07) is 11.0. The summed E-state index contributed by atoms with van der Waals surface area (Å²) in [7, 11) is 0. The van der Waals surface area contributed by atoms with Gasteiger partial charge in [0.15, 0.2) is 0 Å². The van der Waals surface area contributed by atoms with Crippen LogP contribution in [0.1, 0.15) is 28.4 Å². The third-order valence-electron chi connectivity index (χ3n) is 2.74. The first-order valence-electron chi connectivity index (χ1n) is 5.98. The molecular weight excluding hydrogens is 238 g/mol. The van der Waals surface area contributed by atoms with Gasteiger partial charge in [-0.2, -0.15) is 5.10 Å². The van der Waals surface area contributed by atoms with Crippen molar-refractivity contribution in [2.45, 2.75) is 13.8 Å². The highest BCUT2D eigenvalue weighted by Crippen LogP contribution is 2.03. The van der Waals surface area contributed by atoms with Crippen molar-refractivity contribution in [3.63, 3.8) is 0 Å². The Kier molecular flexibility index (Phi) is 4.03. The highest BCUT2D eigenvalue weighted by atomic mass is 16.2. The Labute approximate surface area is 112 Å². The van der Waals surface area contributed by atoms with E-state index >= 15 is 0 Å². The predicted molar refractivity (Wildman–Crippen MR) is 75.1 cm³/mol. The number of hydrogen-bond donors (Lipinski definition) is 1. The molecular formula is C15H15N3O. The van der Waals surface area contributed by atoms with E-state index in [-0.39, 0.29) is 5.91 Å². The highest BCUT2D eigenvalue weighted by Gasteiger charge is 2.04. The molecule has 0 radical (unpaired) electrons. The smallest absolute Gasteiger partial charge is 0.267 e. The molecule has 0 fully saturated rings. The van der Waals surface area contributed by atoms with Crippen molar-refractivity contribution in [1.29, 1.82) is 0 Å². The summed E-state index contributed by atoms with van der Waals surface area (Å²) in [5, 5.41) is 4.08. The summed E-state index contributed by atoms with van der Waals surface area (Å²) in [6.45, 7) is 3.82. The fraction of sp³-hybridized carbons (Fsp3) is 0.133. The molecule has 0 bridgehead atoms. The zero-order valence-corrected chi connectivity index (χ0v) is 10.9. The molecule has 0 aliphatic carbocycles. The Bertz CT molecular complexity index is 589. The maximum Gasteiger partial charge on any atom is 0.271 e. The third kappa shape index (κ3) is 3.48. The molecule has 0 unspecified atom stereocenters. The van der Waals surface area contributed by atoms with E-state index in [0.717, 1.165) is 16.8 Å². The number of carbonyl (C=O) groups is 1. The minimum atomic E-state index is -0.214. The molecule has 19 heavy (non-hydrogen) atoms. The van der Waals surface area contributed by atoms with E-state index in [4.69, 9.17) is 0 Å². The van der Waals surface area contributed by atoms with E-state index in [9.17, 15) is 4.79 Å². The molecule has 0 atom stereocenters. The molecule has 0 spiro atoms. The SMILES string of the molecule is C/C(=N/NC(=O)c1ccc(C)cc1)c1ccncc1. The van der Waals surface area contributed by atoms with E-state index < -0.39 is 0 Å². The Morgan fingerprint density at radius 2 is 1.68 bits per heavy atom. The largest absolute Gasteiger partial charge is 0.271 e. The number of hydrogen-bond acceptors (Lipinski definition) is 3. The summed E-state index contributed by atoms with van der Waals surface area (Å²) < 4.78 is 0. The van der Waals surface area contributed by atoms with Gasteiger partial charge in [-0.1, -0.05) is 17.7 Å². The lowest BCUT2D eigenvalue weighted by Gasteiger charge is -2.03. The molecule has 1 aromatic heterocycles. The zero-order chi connectivity index (χ0) is 13.7. The molecule has 4 heteroatoms. The van der Waals surface area contributed by atoms with Crippen LogP contribution in [-0.2, 0) is 0 Å². The number of pyridine rings is 1. The van der Waals surface area contributed by atoms with Gasteiger partial charge in [0.1, 0.15) is 0 Å². The quantitative estimate of drug-likeness (QED) is 0.675. The van der Waals surface area contributed by atoms with Gasteiger partial charge in [-0.3, -0.25) is 9.78 Å². The summed E-state index contributed by atoms with van der Waals surface area (Å²) in [5.41, 5.74) is 5.93. The van der Waals surface area contributed by atoms with Gasteiger partial charge < -0.3 is 0 Å². The molecule has 1 heterocycles. The van der Waals surface area contributed by atoms with E-state index in [1.807, 2.05) is 38.1 Å². The molecule has 1 N–H and O–H groups in total. The van der Waals surface area contributed by atoms with Crippen LogP contribution in [0.2, 0.25) is 0 Å². The van der Waals surface area contributed by atoms with Crippen LogP contribution >= 0.6 is 0 Å². The van der Waals surface area contributed by atoms with Crippen LogP contribution in [-0.4, -0.2) is 16.6 Å². The van der Waals surface area contributed by atoms with E-state index in [0.29, 0.717) is 5.56 Å². The fourth-order valence-electron chi connectivity index (χ4n) is 1.56.